The number of aromatic nitrogens is 4. The summed E-state index contributed by atoms with van der Waals surface area (Å²) in [6.45, 7) is 1.89. The van der Waals surface area contributed by atoms with Crippen LogP contribution in [0.3, 0.4) is 0 Å². The largest absolute Gasteiger partial charge is 0.416 e. The molecule has 0 amide bonds. The predicted octanol–water partition coefficient (Wildman–Crippen LogP) is 12.6. The number of nitrogens with two attached hydrogens (primary N) is 1. The van der Waals surface area contributed by atoms with Gasteiger partial charge in [-0.15, -0.1) is 0 Å². The molecule has 0 radical (unpaired) electrons. The van der Waals surface area contributed by atoms with Gasteiger partial charge in [-0.25, -0.2) is 18.1 Å². The van der Waals surface area contributed by atoms with Gasteiger partial charge >= 0.3 is 12.4 Å². The van der Waals surface area contributed by atoms with E-state index < -0.39 is 55.5 Å². The van der Waals surface area contributed by atoms with Crippen LogP contribution in [0.2, 0.25) is 20.1 Å². The van der Waals surface area contributed by atoms with Crippen LogP contribution in [0.1, 0.15) is 32.4 Å². The topological polar surface area (TPSA) is 61.7 Å². The lowest BCUT2D eigenvalue weighted by atomic mass is 10.2. The smallest absolute Gasteiger partial charge is 0.383 e. The summed E-state index contributed by atoms with van der Waals surface area (Å²) in [6.07, 6.45) is -7.26. The first-order valence-electron chi connectivity index (χ1n) is 11.6. The van der Waals surface area contributed by atoms with Crippen molar-refractivity contribution in [1.29, 1.82) is 0 Å². The van der Waals surface area contributed by atoms with Crippen LogP contribution in [-0.2, 0) is 12.4 Å². The molecule has 0 aliphatic heterocycles. The number of alkyl halides is 6. The molecule has 4 aromatic rings. The predicted molar refractivity (Wildman–Crippen MR) is 174 cm³/mol. The fourth-order valence-corrected chi connectivity index (χ4v) is 6.90. The average Bonchev–Trinajstić information content (AvgIpc) is 3.48. The summed E-state index contributed by atoms with van der Waals surface area (Å²) in [7, 11) is -4.73. The van der Waals surface area contributed by atoms with Gasteiger partial charge in [0.1, 0.15) is 21.8 Å². The van der Waals surface area contributed by atoms with Crippen molar-refractivity contribution in [2.45, 2.75) is 43.4 Å². The van der Waals surface area contributed by atoms with Gasteiger partial charge in [0, 0.05) is 0 Å². The van der Waals surface area contributed by atoms with Crippen molar-refractivity contribution in [3.63, 3.8) is 0 Å². The maximum Gasteiger partial charge on any atom is 0.416 e. The zero-order valence-corrected chi connectivity index (χ0v) is 28.6. The van der Waals surface area contributed by atoms with Crippen LogP contribution >= 0.6 is 84.1 Å². The molecule has 2 aromatic heterocycles. The third-order valence-electron chi connectivity index (χ3n) is 5.44. The van der Waals surface area contributed by atoms with Gasteiger partial charge in [-0.1, -0.05) is 53.8 Å². The summed E-state index contributed by atoms with van der Waals surface area (Å²) in [6, 6.07) is 2.65. The Morgan fingerprint density at radius 1 is 0.702 bits per heavy atom. The van der Waals surface area contributed by atoms with Gasteiger partial charge in [-0.3, -0.25) is 0 Å². The van der Waals surface area contributed by atoms with Crippen LogP contribution in [0.25, 0.3) is 11.4 Å². The van der Waals surface area contributed by atoms with Gasteiger partial charge in [0.05, 0.1) is 75.1 Å². The van der Waals surface area contributed by atoms with Crippen molar-refractivity contribution in [2.24, 2.45) is 0 Å². The number of nitrogen functional groups attached to an aromatic ring is 1. The normalized spacial score (nSPS) is 13.7. The number of benzene rings is 2. The molecule has 22 heteroatoms. The highest BCUT2D eigenvalue weighted by molar-refractivity contribution is 9.10. The lowest BCUT2D eigenvalue weighted by molar-refractivity contribution is -0.138. The molecule has 0 aliphatic rings. The molecule has 0 aliphatic carbocycles. The maximum absolute atomic E-state index is 13.8. The highest BCUT2D eigenvalue weighted by Crippen LogP contribution is 2.43. The summed E-state index contributed by atoms with van der Waals surface area (Å²) in [4.78, 5) is -0.367. The summed E-state index contributed by atoms with van der Waals surface area (Å²) in [5.74, 6) is -0.309. The standard InChI is InChI=1S/C12H6BrCl2F5N2S.C12H8Cl2F5N3S.CH4/c1-5(16)23(20)9-4-21-22(11(9)13)10-7(14)2-6(3-8(10)15)12(17,18)19;1-5(15)23(19)9-4-21-22(11(9)20)10-7(13)2-6(3-8(10)14)12(16,17)18;/h2-4H,1H3;2-4H,20H2,1H3;1H4. The first-order valence-corrected chi connectivity index (χ1v) is 16.1. The number of halogens is 15. The molecular formula is C25H18BrCl4F10N5S2. The highest BCUT2D eigenvalue weighted by Gasteiger charge is 2.34. The SMILES string of the molecule is C.C/C(F)=S(\F)c1cnn(-c2c(Cl)cc(C(F)(F)F)cc2Cl)c1Br.C/C(F)=S(\F)c1cnn(-c2c(Cl)cc(C(F)(F)F)cc2Cl)c1N. The molecule has 2 aromatic carbocycles. The quantitative estimate of drug-likeness (QED) is 0.126. The van der Waals surface area contributed by atoms with E-state index in [9.17, 15) is 42.9 Å². The minimum absolute atomic E-state index is 0. The lowest BCUT2D eigenvalue weighted by Crippen LogP contribution is -2.08. The van der Waals surface area contributed by atoms with Gasteiger partial charge in [0.15, 0.2) is 10.2 Å². The molecular weight excluding hydrogens is 846 g/mol. The number of anilines is 1. The zero-order valence-electron chi connectivity index (χ0n) is 22.3. The monoisotopic (exact) mass is 861 g/mol. The summed E-state index contributed by atoms with van der Waals surface area (Å²) in [5.41, 5.74) is 3.37. The number of hydrogen-bond donors (Lipinski definition) is 1. The second-order valence-electron chi connectivity index (χ2n) is 8.54. The van der Waals surface area contributed by atoms with E-state index in [1.165, 1.54) is 0 Å². The first kappa shape index (κ1) is 41.2. The summed E-state index contributed by atoms with van der Waals surface area (Å²) < 4.78 is 132. The van der Waals surface area contributed by atoms with Crippen molar-refractivity contribution in [1.82, 2.24) is 19.6 Å². The number of rotatable bonds is 4. The maximum atomic E-state index is 13.8. The zero-order chi connectivity index (χ0) is 35.0. The summed E-state index contributed by atoms with van der Waals surface area (Å²) >= 11 is 26.4. The Morgan fingerprint density at radius 3 is 1.38 bits per heavy atom. The van der Waals surface area contributed by atoms with E-state index in [0.717, 1.165) is 35.6 Å². The van der Waals surface area contributed by atoms with E-state index >= 15 is 0 Å². The van der Waals surface area contributed by atoms with Crippen molar-refractivity contribution >= 4 is 100 Å². The molecule has 260 valence electrons. The second-order valence-corrected chi connectivity index (χ2v) is 14.0. The van der Waals surface area contributed by atoms with Gasteiger partial charge < -0.3 is 5.73 Å². The molecule has 2 atom stereocenters. The van der Waals surface area contributed by atoms with Gasteiger partial charge in [-0.2, -0.15) is 44.3 Å². The molecule has 2 heterocycles. The molecule has 2 N–H and O–H groups in total. The second kappa shape index (κ2) is 15.7. The molecule has 0 spiro atoms. The highest BCUT2D eigenvalue weighted by atomic mass is 79.9. The third kappa shape index (κ3) is 9.19. The lowest BCUT2D eigenvalue weighted by Gasteiger charge is -2.13. The van der Waals surface area contributed by atoms with Crippen LogP contribution in [0.4, 0.5) is 48.7 Å². The molecule has 2 unspecified atom stereocenters. The van der Waals surface area contributed by atoms with Crippen LogP contribution < -0.4 is 5.73 Å². The average molecular weight is 864 g/mol. The van der Waals surface area contributed by atoms with Crippen LogP contribution in [0, 0.1) is 0 Å². The van der Waals surface area contributed by atoms with E-state index in [4.69, 9.17) is 52.1 Å². The molecule has 0 fully saturated rings. The van der Waals surface area contributed by atoms with E-state index in [1.54, 1.807) is 0 Å². The van der Waals surface area contributed by atoms with Crippen molar-refractivity contribution < 1.29 is 42.9 Å². The fourth-order valence-electron chi connectivity index (χ4n) is 3.42. The fraction of sp³-hybridized carbons (Fsp3) is 0.200. The Morgan fingerprint density at radius 2 is 1.02 bits per heavy atom. The van der Waals surface area contributed by atoms with Crippen molar-refractivity contribution in [3.05, 3.63) is 72.5 Å². The van der Waals surface area contributed by atoms with E-state index in [-0.39, 0.29) is 59.1 Å². The molecule has 0 saturated heterocycles. The Hall–Kier alpha value is -1.96. The van der Waals surface area contributed by atoms with Crippen LogP contribution in [0.5, 0.6) is 0 Å². The molecule has 0 saturated carbocycles. The molecule has 0 bridgehead atoms. The van der Waals surface area contributed by atoms with E-state index in [1.807, 2.05) is 0 Å². The molecule has 5 nitrogen and oxygen atoms in total. The minimum atomic E-state index is -4.64. The third-order valence-corrected chi connectivity index (χ3v) is 9.99. The Balaban J connectivity index is 0.000000320. The number of hydrogen-bond acceptors (Lipinski definition) is 3. The minimum Gasteiger partial charge on any atom is -0.383 e. The summed E-state index contributed by atoms with van der Waals surface area (Å²) in [5, 5.41) is 4.13. The van der Waals surface area contributed by atoms with Crippen molar-refractivity contribution in [3.8, 4) is 11.4 Å². The number of nitrogens with zero attached hydrogens (tertiary/aromatic N) is 4. The Bertz CT molecular complexity index is 1690. The van der Waals surface area contributed by atoms with E-state index in [2.05, 4.69) is 26.1 Å². The molecule has 47 heavy (non-hydrogen) atoms. The Labute approximate surface area is 294 Å². The first-order chi connectivity index (χ1) is 21.1. The van der Waals surface area contributed by atoms with Crippen molar-refractivity contribution in [2.75, 3.05) is 5.73 Å². The van der Waals surface area contributed by atoms with E-state index in [0.29, 0.717) is 24.3 Å². The van der Waals surface area contributed by atoms with Gasteiger partial charge in [0.2, 0.25) is 0 Å². The van der Waals surface area contributed by atoms with Gasteiger partial charge in [-0.05, 0) is 54.0 Å². The van der Waals surface area contributed by atoms with Crippen LogP contribution in [-0.4, -0.2) is 29.8 Å². The van der Waals surface area contributed by atoms with Crippen LogP contribution in [0.15, 0.2) is 51.1 Å². The molecule has 4 rings (SSSR count). The Kier molecular flexibility index (Phi) is 13.8. The van der Waals surface area contributed by atoms with Gasteiger partial charge in [0.25, 0.3) is 0 Å².